The zero-order valence-corrected chi connectivity index (χ0v) is 15.6. The number of hydrogen-bond donors (Lipinski definition) is 2. The normalized spacial score (nSPS) is 28.9. The first-order valence-electron chi connectivity index (χ1n) is 9.02. The van der Waals surface area contributed by atoms with Gasteiger partial charge in [-0.05, 0) is 50.4 Å². The molecule has 4 amide bonds. The molecule has 0 aromatic rings. The van der Waals surface area contributed by atoms with Gasteiger partial charge in [0.25, 0.3) is 5.91 Å². The summed E-state index contributed by atoms with van der Waals surface area (Å²) in [6.07, 6.45) is 3.96. The lowest BCUT2D eigenvalue weighted by Gasteiger charge is -2.40. The molecule has 1 aliphatic heterocycles. The van der Waals surface area contributed by atoms with Gasteiger partial charge in [0.1, 0.15) is 12.1 Å². The Labute approximate surface area is 144 Å². The van der Waals surface area contributed by atoms with E-state index in [0.717, 1.165) is 24.2 Å². The highest BCUT2D eigenvalue weighted by molar-refractivity contribution is 6.09. The average Bonchev–Trinajstić information content (AvgIpc) is 2.71. The fourth-order valence-electron chi connectivity index (χ4n) is 3.70. The van der Waals surface area contributed by atoms with E-state index in [9.17, 15) is 14.4 Å². The first-order chi connectivity index (χ1) is 11.1. The summed E-state index contributed by atoms with van der Waals surface area (Å²) in [5, 5.41) is 5.67. The number of rotatable bonds is 4. The molecule has 1 saturated carbocycles. The molecule has 6 nitrogen and oxygen atoms in total. The number of hydrogen-bond acceptors (Lipinski definition) is 3. The molecule has 1 atom stereocenters. The molecular formula is C18H31N3O3. The Bertz CT molecular complexity index is 516. The van der Waals surface area contributed by atoms with Crippen molar-refractivity contribution in [2.24, 2.45) is 11.3 Å². The van der Waals surface area contributed by atoms with Gasteiger partial charge in [-0.15, -0.1) is 0 Å². The number of urea groups is 1. The molecule has 2 aliphatic rings. The Balaban J connectivity index is 2.00. The van der Waals surface area contributed by atoms with Gasteiger partial charge in [-0.25, -0.2) is 4.79 Å². The van der Waals surface area contributed by atoms with Gasteiger partial charge in [0, 0.05) is 6.04 Å². The van der Waals surface area contributed by atoms with Crippen molar-refractivity contribution < 1.29 is 14.4 Å². The molecular weight excluding hydrogens is 306 g/mol. The maximum absolute atomic E-state index is 12.8. The van der Waals surface area contributed by atoms with E-state index in [-0.39, 0.29) is 29.8 Å². The topological polar surface area (TPSA) is 78.5 Å². The molecule has 6 heteroatoms. The maximum Gasteiger partial charge on any atom is 0.325 e. The molecule has 0 aromatic heterocycles. The van der Waals surface area contributed by atoms with Gasteiger partial charge in [0.05, 0.1) is 0 Å². The highest BCUT2D eigenvalue weighted by Gasteiger charge is 2.53. The fourth-order valence-corrected chi connectivity index (χ4v) is 3.70. The van der Waals surface area contributed by atoms with Gasteiger partial charge >= 0.3 is 6.03 Å². The predicted octanol–water partition coefficient (Wildman–Crippen LogP) is 2.43. The minimum atomic E-state index is -0.796. The van der Waals surface area contributed by atoms with E-state index in [1.807, 2.05) is 13.8 Å². The summed E-state index contributed by atoms with van der Waals surface area (Å²) in [6, 6.07) is -0.400. The monoisotopic (exact) mass is 337 g/mol. The largest absolute Gasteiger partial charge is 0.352 e. The fraction of sp³-hybridized carbons (Fsp3) is 0.833. The average molecular weight is 337 g/mol. The minimum Gasteiger partial charge on any atom is -0.352 e. The number of carbonyl (C=O) groups is 3. The smallest absolute Gasteiger partial charge is 0.325 e. The molecule has 136 valence electrons. The van der Waals surface area contributed by atoms with Gasteiger partial charge in [-0.2, -0.15) is 0 Å². The summed E-state index contributed by atoms with van der Waals surface area (Å²) in [7, 11) is 0. The molecule has 1 spiro atoms. The summed E-state index contributed by atoms with van der Waals surface area (Å²) >= 11 is 0. The Kier molecular flexibility index (Phi) is 5.25. The lowest BCUT2D eigenvalue weighted by Crippen LogP contribution is -2.51. The SMILES string of the molecule is CC[C@@H](C)NC(=O)CN1C(=O)NC2(CCC(C(C)(C)C)CC2)C1=O. The Morgan fingerprint density at radius 1 is 1.33 bits per heavy atom. The molecule has 1 saturated heterocycles. The molecule has 1 heterocycles. The number of nitrogens with one attached hydrogen (secondary N) is 2. The quantitative estimate of drug-likeness (QED) is 0.773. The Morgan fingerprint density at radius 3 is 2.42 bits per heavy atom. The highest BCUT2D eigenvalue weighted by atomic mass is 16.2. The molecule has 0 aromatic carbocycles. The van der Waals surface area contributed by atoms with E-state index in [4.69, 9.17) is 0 Å². The van der Waals surface area contributed by atoms with Crippen molar-refractivity contribution in [2.45, 2.75) is 78.3 Å². The van der Waals surface area contributed by atoms with Crippen LogP contribution in [0.25, 0.3) is 0 Å². The third-order valence-electron chi connectivity index (χ3n) is 5.63. The van der Waals surface area contributed by atoms with Crippen molar-refractivity contribution in [3.05, 3.63) is 0 Å². The molecule has 1 aliphatic carbocycles. The van der Waals surface area contributed by atoms with Gasteiger partial charge < -0.3 is 10.6 Å². The van der Waals surface area contributed by atoms with Crippen molar-refractivity contribution in [1.82, 2.24) is 15.5 Å². The molecule has 2 fully saturated rings. The molecule has 24 heavy (non-hydrogen) atoms. The Hall–Kier alpha value is -1.59. The summed E-state index contributed by atoms with van der Waals surface area (Å²) in [5.41, 5.74) is -0.585. The first-order valence-corrected chi connectivity index (χ1v) is 9.02. The van der Waals surface area contributed by atoms with Crippen LogP contribution in [-0.4, -0.2) is 40.9 Å². The lowest BCUT2D eigenvalue weighted by molar-refractivity contribution is -0.136. The standard InChI is InChI=1S/C18H31N3O3/c1-6-12(2)19-14(22)11-21-15(23)18(20-16(21)24)9-7-13(8-10-18)17(3,4)5/h12-13H,6-11H2,1-5H3,(H,19,22)(H,20,24)/t12-,13?,18?/m1/s1. The van der Waals surface area contributed by atoms with Crippen LogP contribution in [0.4, 0.5) is 4.79 Å². The summed E-state index contributed by atoms with van der Waals surface area (Å²) in [5.74, 6) is 0.0306. The van der Waals surface area contributed by atoms with Crippen LogP contribution in [0.15, 0.2) is 0 Å². The minimum absolute atomic E-state index is 0.0365. The molecule has 0 bridgehead atoms. The van der Waals surface area contributed by atoms with Crippen molar-refractivity contribution in [3.8, 4) is 0 Å². The third-order valence-corrected chi connectivity index (χ3v) is 5.63. The van der Waals surface area contributed by atoms with Gasteiger partial charge in [-0.3, -0.25) is 14.5 Å². The van der Waals surface area contributed by atoms with Gasteiger partial charge in [0.2, 0.25) is 5.91 Å². The van der Waals surface area contributed by atoms with Crippen LogP contribution >= 0.6 is 0 Å². The van der Waals surface area contributed by atoms with Crippen molar-refractivity contribution in [2.75, 3.05) is 6.54 Å². The third kappa shape index (κ3) is 3.73. The van der Waals surface area contributed by atoms with E-state index in [1.54, 1.807) is 0 Å². The number of imide groups is 1. The van der Waals surface area contributed by atoms with E-state index in [2.05, 4.69) is 31.4 Å². The van der Waals surface area contributed by atoms with Gasteiger partial charge in [-0.1, -0.05) is 27.7 Å². The van der Waals surface area contributed by atoms with Crippen LogP contribution in [0.3, 0.4) is 0 Å². The number of amides is 4. The van der Waals surface area contributed by atoms with Crippen molar-refractivity contribution >= 4 is 17.8 Å². The van der Waals surface area contributed by atoms with Gasteiger partial charge in [0.15, 0.2) is 0 Å². The first kappa shape index (κ1) is 18.7. The number of carbonyl (C=O) groups excluding carboxylic acids is 3. The van der Waals surface area contributed by atoms with Crippen LogP contribution < -0.4 is 10.6 Å². The zero-order valence-electron chi connectivity index (χ0n) is 15.6. The van der Waals surface area contributed by atoms with Crippen molar-refractivity contribution in [1.29, 1.82) is 0 Å². The van der Waals surface area contributed by atoms with E-state index < -0.39 is 11.6 Å². The molecule has 2 N–H and O–H groups in total. The van der Waals surface area contributed by atoms with Crippen LogP contribution in [0.2, 0.25) is 0 Å². The number of nitrogens with zero attached hydrogens (tertiary/aromatic N) is 1. The summed E-state index contributed by atoms with van der Waals surface area (Å²) in [6.45, 7) is 10.3. The van der Waals surface area contributed by atoms with Crippen LogP contribution in [0.5, 0.6) is 0 Å². The lowest BCUT2D eigenvalue weighted by atomic mass is 9.67. The Morgan fingerprint density at radius 2 is 1.92 bits per heavy atom. The summed E-state index contributed by atoms with van der Waals surface area (Å²) in [4.78, 5) is 38.2. The molecule has 0 unspecified atom stereocenters. The van der Waals surface area contributed by atoms with Crippen LogP contribution in [0.1, 0.15) is 66.7 Å². The molecule has 2 rings (SSSR count). The second-order valence-corrected chi connectivity index (χ2v) is 8.42. The van der Waals surface area contributed by atoms with E-state index >= 15 is 0 Å². The highest BCUT2D eigenvalue weighted by Crippen LogP contribution is 2.43. The predicted molar refractivity (Wildman–Crippen MR) is 92.3 cm³/mol. The van der Waals surface area contributed by atoms with Crippen LogP contribution in [0, 0.1) is 11.3 Å². The second-order valence-electron chi connectivity index (χ2n) is 8.42. The van der Waals surface area contributed by atoms with Crippen LogP contribution in [-0.2, 0) is 9.59 Å². The zero-order chi connectivity index (χ0) is 18.1. The second kappa shape index (κ2) is 6.73. The van der Waals surface area contributed by atoms with E-state index in [0.29, 0.717) is 18.8 Å². The summed E-state index contributed by atoms with van der Waals surface area (Å²) < 4.78 is 0. The van der Waals surface area contributed by atoms with Crippen molar-refractivity contribution in [3.63, 3.8) is 0 Å². The molecule has 0 radical (unpaired) electrons. The van der Waals surface area contributed by atoms with E-state index in [1.165, 1.54) is 0 Å². The maximum atomic E-state index is 12.8.